The Kier molecular flexibility index (Phi) is 0.456. The molecule has 0 aromatic rings. The minimum atomic E-state index is -3.17. The lowest BCUT2D eigenvalue weighted by Crippen LogP contribution is -2.65. The molecule has 1 nitrogen and oxygen atoms in total. The summed E-state index contributed by atoms with van der Waals surface area (Å²) in [5.41, 5.74) is -1.08. The fourth-order valence-corrected chi connectivity index (χ4v) is 1.28. The van der Waals surface area contributed by atoms with Gasteiger partial charge in [0, 0.05) is 31.3 Å². The van der Waals surface area contributed by atoms with E-state index >= 15 is 0 Å². The minimum Gasteiger partial charge on any atom is -0.292 e. The van der Waals surface area contributed by atoms with E-state index in [2.05, 4.69) is 0 Å². The fraction of sp³-hybridized carbons (Fsp3) is 1.00. The smallest absolute Gasteiger partial charge is 0.0468 e. The first-order chi connectivity index (χ1) is 8.87. The molecule has 1 aliphatic carbocycles. The number of fused-ring (bicyclic) bond motifs is 2. The zero-order valence-corrected chi connectivity index (χ0v) is 6.95. The first-order valence-corrected chi connectivity index (χ1v) is 3.67. The van der Waals surface area contributed by atoms with E-state index < -0.39 is 43.1 Å². The van der Waals surface area contributed by atoms with Crippen LogP contribution in [0, 0.1) is 0 Å². The highest BCUT2D eigenvalue weighted by atomic mass is 15.3. The van der Waals surface area contributed by atoms with Crippen LogP contribution < -0.4 is 0 Å². The van der Waals surface area contributed by atoms with E-state index in [1.54, 1.807) is 0 Å². The highest BCUT2D eigenvalue weighted by molar-refractivity contribution is 5.01. The van der Waals surface area contributed by atoms with Gasteiger partial charge < -0.3 is 0 Å². The van der Waals surface area contributed by atoms with Gasteiger partial charge >= 0.3 is 0 Å². The van der Waals surface area contributed by atoms with Gasteiger partial charge in [-0.1, -0.05) is 6.37 Å². The first-order valence-electron chi connectivity index (χ1n) is 8.67. The van der Waals surface area contributed by atoms with Gasteiger partial charge in [-0.25, -0.2) is 0 Å². The van der Waals surface area contributed by atoms with Crippen LogP contribution in [-0.4, -0.2) is 22.5 Å². The van der Waals surface area contributed by atoms with Crippen molar-refractivity contribution in [1.29, 1.82) is 0 Å². The molecular weight excluding hydrogens is 134 g/mol. The van der Waals surface area contributed by atoms with Gasteiger partial charge in [-0.3, -0.25) is 4.90 Å². The monoisotopic (exact) mass is 163 g/mol. The number of piperidine rings is 1. The van der Waals surface area contributed by atoms with Crippen LogP contribution >= 0.6 is 0 Å². The van der Waals surface area contributed by atoms with Gasteiger partial charge in [-0.15, -0.1) is 0 Å². The summed E-state index contributed by atoms with van der Waals surface area (Å²) in [5, 5.41) is 0. The Morgan fingerprint density at radius 2 is 1.91 bits per heavy atom. The van der Waals surface area contributed by atoms with Crippen LogP contribution in [0.1, 0.15) is 60.0 Å². The van der Waals surface area contributed by atoms with E-state index in [1.165, 1.54) is 20.8 Å². The van der Waals surface area contributed by atoms with E-state index in [0.29, 0.717) is 0 Å². The van der Waals surface area contributed by atoms with Crippen LogP contribution in [0.3, 0.4) is 0 Å². The summed E-state index contributed by atoms with van der Waals surface area (Å²) >= 11 is 0. The fourth-order valence-electron chi connectivity index (χ4n) is 1.28. The molecule has 2 heterocycles. The molecule has 2 bridgehead atoms. The van der Waals surface area contributed by atoms with Crippen LogP contribution in [0.15, 0.2) is 0 Å². The molecule has 0 spiro atoms. The summed E-state index contributed by atoms with van der Waals surface area (Å²) < 4.78 is 80.1. The Bertz CT molecular complexity index is 461. The Hall–Kier alpha value is -0.0400. The second-order valence-electron chi connectivity index (χ2n) is 3.70. The van der Waals surface area contributed by atoms with E-state index in [9.17, 15) is 0 Å². The number of hydrogen-bond acceptors (Lipinski definition) is 1. The van der Waals surface area contributed by atoms with Gasteiger partial charge in [0.05, 0.1) is 0 Å². The van der Waals surface area contributed by atoms with Gasteiger partial charge in [0.25, 0.3) is 0 Å². The summed E-state index contributed by atoms with van der Waals surface area (Å²) in [5.74, 6) is 0. The number of rotatable bonds is 0. The third kappa shape index (κ3) is 1.10. The molecule has 1 heteroatoms. The van der Waals surface area contributed by atoms with E-state index in [1.807, 2.05) is 0 Å². The van der Waals surface area contributed by atoms with Crippen molar-refractivity contribution in [3.05, 3.63) is 0 Å². The SMILES string of the molecule is [2H]C1([2H])C([2H])([2H])C2([2H])N(C(C)(C)C)C([2H])(C1([2H])[2H])C2([2H])[2H]. The van der Waals surface area contributed by atoms with Crippen molar-refractivity contribution >= 4 is 0 Å². The second-order valence-corrected chi connectivity index (χ2v) is 3.70. The summed E-state index contributed by atoms with van der Waals surface area (Å²) in [6.45, 7) is 4.59. The lowest BCUT2D eigenvalue weighted by molar-refractivity contribution is -0.0899. The molecule has 0 N–H and O–H groups in total. The highest BCUT2D eigenvalue weighted by Gasteiger charge is 2.46. The molecule has 1 saturated carbocycles. The van der Waals surface area contributed by atoms with Gasteiger partial charge in [0.15, 0.2) is 0 Å². The van der Waals surface area contributed by atoms with Crippen molar-refractivity contribution in [2.45, 2.75) is 63.8 Å². The molecule has 0 aromatic heterocycles. The summed E-state index contributed by atoms with van der Waals surface area (Å²) in [6, 6.07) is -5.37. The van der Waals surface area contributed by atoms with Crippen molar-refractivity contribution in [2.24, 2.45) is 0 Å². The third-order valence-electron chi connectivity index (χ3n) is 1.72. The predicted molar refractivity (Wildman–Crippen MR) is 47.6 cm³/mol. The molecule has 2 unspecified atom stereocenters. The minimum absolute atomic E-state index is 0.828. The van der Waals surface area contributed by atoms with Crippen molar-refractivity contribution in [2.75, 3.05) is 0 Å². The summed E-state index contributed by atoms with van der Waals surface area (Å²) in [7, 11) is 0. The van der Waals surface area contributed by atoms with Crippen LogP contribution in [-0.2, 0) is 0 Å². The van der Waals surface area contributed by atoms with Crippen molar-refractivity contribution in [3.8, 4) is 0 Å². The van der Waals surface area contributed by atoms with E-state index in [0.717, 1.165) is 4.90 Å². The molecule has 2 saturated heterocycles. The van der Waals surface area contributed by atoms with Crippen LogP contribution in [0.5, 0.6) is 0 Å². The Balaban J connectivity index is 2.87. The zero-order chi connectivity index (χ0) is 17.1. The second kappa shape index (κ2) is 2.22. The third-order valence-corrected chi connectivity index (χ3v) is 1.72. The maximum absolute atomic E-state index is 8.32. The van der Waals surface area contributed by atoms with Crippen LogP contribution in [0.25, 0.3) is 0 Å². The van der Waals surface area contributed by atoms with Gasteiger partial charge in [0.1, 0.15) is 0 Å². The van der Waals surface area contributed by atoms with Gasteiger partial charge in [-0.05, 0) is 39.9 Å². The summed E-state index contributed by atoms with van der Waals surface area (Å²) in [6.07, 6.45) is -12.3. The Labute approximate surface area is 83.8 Å². The first kappa shape index (κ1) is 2.25. The molecule has 11 heavy (non-hydrogen) atoms. The number of hydrogen-bond donors (Lipinski definition) is 0. The van der Waals surface area contributed by atoms with Crippen molar-refractivity contribution < 1.29 is 13.7 Å². The normalized spacial score (nSPS) is 83.5. The standard InChI is InChI=1S/C10H19N/c1-10(2,3)11-8-5-4-6-9(11)7-8/h8-9H,4-7H2,1-3H3/i4D2,5D2,6D2,7D2,8D,9D. The molecule has 0 aromatic carbocycles. The molecule has 3 rings (SSSR count). The van der Waals surface area contributed by atoms with Crippen molar-refractivity contribution in [1.82, 2.24) is 4.90 Å². The average molecular weight is 163 g/mol. The molecule has 2 aliphatic heterocycles. The quantitative estimate of drug-likeness (QED) is 0.530. The molecule has 3 fully saturated rings. The van der Waals surface area contributed by atoms with Crippen LogP contribution in [0.2, 0.25) is 0 Å². The molecule has 2 atom stereocenters. The Morgan fingerprint density at radius 3 is 2.36 bits per heavy atom. The van der Waals surface area contributed by atoms with Gasteiger partial charge in [-0.2, -0.15) is 0 Å². The van der Waals surface area contributed by atoms with E-state index in [4.69, 9.17) is 13.7 Å². The Morgan fingerprint density at radius 1 is 1.36 bits per heavy atom. The average Bonchev–Trinajstić information content (AvgIpc) is 2.23. The largest absolute Gasteiger partial charge is 0.292 e. The topological polar surface area (TPSA) is 3.24 Å². The molecular formula is C10H19N. The maximum atomic E-state index is 8.32. The lowest BCUT2D eigenvalue weighted by Gasteiger charge is -2.59. The molecule has 0 radical (unpaired) electrons. The maximum Gasteiger partial charge on any atom is 0.0468 e. The van der Waals surface area contributed by atoms with Crippen molar-refractivity contribution in [3.63, 3.8) is 0 Å². The lowest BCUT2D eigenvalue weighted by atomic mass is 9.76. The van der Waals surface area contributed by atoms with Gasteiger partial charge in [0.2, 0.25) is 0 Å². The molecule has 64 valence electrons. The zero-order valence-electron chi connectivity index (χ0n) is 16.9. The predicted octanol–water partition coefficient (Wildman–Crippen LogP) is 2.41. The molecule has 3 aliphatic rings. The van der Waals surface area contributed by atoms with Crippen LogP contribution in [0.4, 0.5) is 0 Å². The highest BCUT2D eigenvalue weighted by Crippen LogP contribution is 2.42. The number of nitrogens with zero attached hydrogens (tertiary/aromatic N) is 1. The molecule has 0 amide bonds. The van der Waals surface area contributed by atoms with E-state index in [-0.39, 0.29) is 0 Å². The summed E-state index contributed by atoms with van der Waals surface area (Å²) in [4.78, 5) is 0.828.